The Morgan fingerprint density at radius 1 is 1.18 bits per heavy atom. The molecule has 0 aliphatic carbocycles. The maximum absolute atomic E-state index is 13.6. The number of amides is 1. The largest absolute Gasteiger partial charge is 0.508 e. The average Bonchev–Trinajstić information content (AvgIpc) is 2.55. The van der Waals surface area contributed by atoms with Gasteiger partial charge >= 0.3 is 0 Å². The van der Waals surface area contributed by atoms with Crippen molar-refractivity contribution in [2.75, 3.05) is 31.1 Å². The molecule has 1 aromatic carbocycles. The van der Waals surface area contributed by atoms with Crippen LogP contribution in [0.1, 0.15) is 10.4 Å². The van der Waals surface area contributed by atoms with Crippen LogP contribution >= 0.6 is 0 Å². The zero-order chi connectivity index (χ0) is 15.5. The van der Waals surface area contributed by atoms with E-state index in [1.54, 1.807) is 23.1 Å². The summed E-state index contributed by atoms with van der Waals surface area (Å²) < 4.78 is 13.6. The van der Waals surface area contributed by atoms with Crippen molar-refractivity contribution < 1.29 is 14.3 Å². The highest BCUT2D eigenvalue weighted by Crippen LogP contribution is 2.21. The highest BCUT2D eigenvalue weighted by atomic mass is 19.1. The van der Waals surface area contributed by atoms with Crippen molar-refractivity contribution in [3.63, 3.8) is 0 Å². The van der Waals surface area contributed by atoms with Crippen LogP contribution in [0.25, 0.3) is 0 Å². The number of carbonyl (C=O) groups is 1. The van der Waals surface area contributed by atoms with Crippen molar-refractivity contribution in [2.45, 2.75) is 0 Å². The van der Waals surface area contributed by atoms with Crippen molar-refractivity contribution in [3.05, 3.63) is 54.1 Å². The molecule has 2 aromatic rings. The maximum Gasteiger partial charge on any atom is 0.257 e. The molecule has 1 saturated heterocycles. The van der Waals surface area contributed by atoms with E-state index in [1.807, 2.05) is 6.07 Å². The number of hydrogen-bond donors (Lipinski definition) is 1. The lowest BCUT2D eigenvalue weighted by atomic mass is 10.2. The lowest BCUT2D eigenvalue weighted by Crippen LogP contribution is -2.49. The van der Waals surface area contributed by atoms with Crippen LogP contribution in [0.2, 0.25) is 0 Å². The number of pyridine rings is 1. The van der Waals surface area contributed by atoms with Gasteiger partial charge in [-0.15, -0.1) is 0 Å². The molecule has 0 bridgehead atoms. The number of aromatic nitrogens is 1. The Balaban J connectivity index is 1.67. The molecule has 0 saturated carbocycles. The van der Waals surface area contributed by atoms with Crippen LogP contribution in [-0.2, 0) is 0 Å². The first-order chi connectivity index (χ1) is 10.6. The highest BCUT2D eigenvalue weighted by Gasteiger charge is 2.24. The Bertz CT molecular complexity index is 685. The molecule has 22 heavy (non-hydrogen) atoms. The second-order valence-electron chi connectivity index (χ2n) is 5.15. The van der Waals surface area contributed by atoms with Gasteiger partial charge in [-0.3, -0.25) is 9.78 Å². The maximum atomic E-state index is 13.6. The number of nitrogens with zero attached hydrogens (tertiary/aromatic N) is 3. The van der Waals surface area contributed by atoms with Crippen LogP contribution in [0, 0.1) is 5.82 Å². The molecule has 0 spiro atoms. The molecule has 1 N–H and O–H groups in total. The van der Waals surface area contributed by atoms with E-state index in [4.69, 9.17) is 0 Å². The highest BCUT2D eigenvalue weighted by molar-refractivity contribution is 5.94. The van der Waals surface area contributed by atoms with Gasteiger partial charge in [0.1, 0.15) is 5.75 Å². The van der Waals surface area contributed by atoms with Crippen LogP contribution in [0.3, 0.4) is 0 Å². The van der Waals surface area contributed by atoms with E-state index in [0.717, 1.165) is 11.9 Å². The summed E-state index contributed by atoms with van der Waals surface area (Å²) in [5.41, 5.74) is 0.975. The molecule has 0 atom stereocenters. The third kappa shape index (κ3) is 2.86. The molecule has 2 heterocycles. The van der Waals surface area contributed by atoms with Gasteiger partial charge in [-0.2, -0.15) is 0 Å². The molecule has 1 fully saturated rings. The van der Waals surface area contributed by atoms with Crippen LogP contribution in [0.4, 0.5) is 10.1 Å². The normalized spacial score (nSPS) is 15.0. The van der Waals surface area contributed by atoms with E-state index in [-0.39, 0.29) is 17.2 Å². The quantitative estimate of drug-likeness (QED) is 0.920. The fourth-order valence-corrected chi connectivity index (χ4v) is 2.58. The summed E-state index contributed by atoms with van der Waals surface area (Å²) in [7, 11) is 0. The minimum absolute atomic E-state index is 0.0563. The van der Waals surface area contributed by atoms with E-state index in [2.05, 4.69) is 9.88 Å². The van der Waals surface area contributed by atoms with Gasteiger partial charge in [0.05, 0.1) is 11.8 Å². The molecule has 1 aliphatic heterocycles. The number of rotatable bonds is 2. The SMILES string of the molecule is O=C(c1ccncc1F)N1CCN(c2cccc(O)c2)CC1. The van der Waals surface area contributed by atoms with Gasteiger partial charge in [-0.1, -0.05) is 6.07 Å². The third-order valence-corrected chi connectivity index (χ3v) is 3.76. The molecule has 1 aromatic heterocycles. The number of anilines is 1. The molecule has 1 aliphatic rings. The Hall–Kier alpha value is -2.63. The molecule has 0 radical (unpaired) electrons. The van der Waals surface area contributed by atoms with E-state index in [9.17, 15) is 14.3 Å². The molecule has 0 unspecified atom stereocenters. The van der Waals surface area contributed by atoms with Gasteiger partial charge in [-0.25, -0.2) is 4.39 Å². The number of phenols is 1. The smallest absolute Gasteiger partial charge is 0.257 e. The summed E-state index contributed by atoms with van der Waals surface area (Å²) in [4.78, 5) is 19.7. The summed E-state index contributed by atoms with van der Waals surface area (Å²) in [6.45, 7) is 2.30. The van der Waals surface area contributed by atoms with Crippen LogP contribution < -0.4 is 4.90 Å². The van der Waals surface area contributed by atoms with E-state index in [0.29, 0.717) is 26.2 Å². The molecule has 1 amide bonds. The van der Waals surface area contributed by atoms with Gasteiger partial charge in [0, 0.05) is 44.1 Å². The van der Waals surface area contributed by atoms with Gasteiger partial charge in [0.2, 0.25) is 0 Å². The molecule has 5 nitrogen and oxygen atoms in total. The lowest BCUT2D eigenvalue weighted by Gasteiger charge is -2.36. The monoisotopic (exact) mass is 301 g/mol. The zero-order valence-electron chi connectivity index (χ0n) is 11.9. The second-order valence-corrected chi connectivity index (χ2v) is 5.15. The topological polar surface area (TPSA) is 56.7 Å². The Morgan fingerprint density at radius 2 is 1.95 bits per heavy atom. The van der Waals surface area contributed by atoms with Crippen LogP contribution in [0.15, 0.2) is 42.7 Å². The fraction of sp³-hybridized carbons (Fsp3) is 0.250. The van der Waals surface area contributed by atoms with Gasteiger partial charge in [0.15, 0.2) is 5.82 Å². The number of carbonyl (C=O) groups excluding carboxylic acids is 1. The number of aromatic hydroxyl groups is 1. The molecular weight excluding hydrogens is 285 g/mol. The number of piperazine rings is 1. The minimum Gasteiger partial charge on any atom is -0.508 e. The standard InChI is InChI=1S/C16H16FN3O2/c17-15-11-18-5-4-14(15)16(22)20-8-6-19(7-9-20)12-2-1-3-13(21)10-12/h1-5,10-11,21H,6-9H2. The van der Waals surface area contributed by atoms with Crippen LogP contribution in [0.5, 0.6) is 5.75 Å². The third-order valence-electron chi connectivity index (χ3n) is 3.76. The Morgan fingerprint density at radius 3 is 2.64 bits per heavy atom. The van der Waals surface area contributed by atoms with Crippen molar-refractivity contribution in [1.29, 1.82) is 0 Å². The first-order valence-electron chi connectivity index (χ1n) is 7.08. The number of halogens is 1. The number of phenolic OH excluding ortho intramolecular Hbond substituents is 1. The Kier molecular flexibility index (Phi) is 3.91. The molecule has 3 rings (SSSR count). The number of hydrogen-bond acceptors (Lipinski definition) is 4. The van der Waals surface area contributed by atoms with Gasteiger partial charge in [-0.05, 0) is 18.2 Å². The molecule has 114 valence electrons. The predicted octanol–water partition coefficient (Wildman–Crippen LogP) is 1.89. The van der Waals surface area contributed by atoms with Crippen LogP contribution in [-0.4, -0.2) is 47.1 Å². The zero-order valence-corrected chi connectivity index (χ0v) is 11.9. The molecular formula is C16H16FN3O2. The van der Waals surface area contributed by atoms with Crippen molar-refractivity contribution in [1.82, 2.24) is 9.88 Å². The summed E-state index contributed by atoms with van der Waals surface area (Å²) in [6, 6.07) is 8.42. The van der Waals surface area contributed by atoms with E-state index in [1.165, 1.54) is 12.3 Å². The van der Waals surface area contributed by atoms with Crippen molar-refractivity contribution in [3.8, 4) is 5.75 Å². The minimum atomic E-state index is -0.595. The van der Waals surface area contributed by atoms with Gasteiger partial charge < -0.3 is 14.9 Å². The first-order valence-corrected chi connectivity index (χ1v) is 7.08. The summed E-state index contributed by atoms with van der Waals surface area (Å²) in [5, 5.41) is 9.52. The summed E-state index contributed by atoms with van der Waals surface area (Å²) in [5.74, 6) is -0.687. The predicted molar refractivity (Wildman–Crippen MR) is 80.4 cm³/mol. The number of benzene rings is 1. The van der Waals surface area contributed by atoms with E-state index >= 15 is 0 Å². The molecule has 6 heteroatoms. The fourth-order valence-electron chi connectivity index (χ4n) is 2.58. The Labute approximate surface area is 127 Å². The van der Waals surface area contributed by atoms with Crippen molar-refractivity contribution in [2.24, 2.45) is 0 Å². The lowest BCUT2D eigenvalue weighted by molar-refractivity contribution is 0.0742. The van der Waals surface area contributed by atoms with E-state index < -0.39 is 5.82 Å². The first kappa shape index (κ1) is 14.3. The summed E-state index contributed by atoms with van der Waals surface area (Å²) >= 11 is 0. The average molecular weight is 301 g/mol. The second kappa shape index (κ2) is 6.01. The summed E-state index contributed by atoms with van der Waals surface area (Å²) in [6.07, 6.45) is 2.47. The van der Waals surface area contributed by atoms with Crippen molar-refractivity contribution >= 4 is 11.6 Å². The van der Waals surface area contributed by atoms with Gasteiger partial charge in [0.25, 0.3) is 5.91 Å².